The Morgan fingerprint density at radius 1 is 0.773 bits per heavy atom. The summed E-state index contributed by atoms with van der Waals surface area (Å²) >= 11 is 0. The molecular formula is C18H38ClNO2. The van der Waals surface area contributed by atoms with Gasteiger partial charge in [-0.25, -0.2) is 0 Å². The molecule has 3 nitrogen and oxygen atoms in total. The van der Waals surface area contributed by atoms with Gasteiger partial charge >= 0.3 is 0 Å². The molecule has 0 radical (unpaired) electrons. The molecule has 22 heavy (non-hydrogen) atoms. The molecule has 0 spiro atoms. The highest BCUT2D eigenvalue weighted by atomic mass is 35.5. The van der Waals surface area contributed by atoms with Crippen LogP contribution in [0.5, 0.6) is 0 Å². The van der Waals surface area contributed by atoms with Gasteiger partial charge in [0.05, 0.1) is 19.8 Å². The number of morpholine rings is 1. The molecule has 0 aliphatic carbocycles. The predicted octanol–water partition coefficient (Wildman–Crippen LogP) is -0.157. The van der Waals surface area contributed by atoms with Gasteiger partial charge in [0.25, 0.3) is 0 Å². The maximum atomic E-state index is 5.75. The van der Waals surface area contributed by atoms with Crippen LogP contribution in [0.2, 0.25) is 0 Å². The lowest BCUT2D eigenvalue weighted by atomic mass is 10.1. The Morgan fingerprint density at radius 3 is 1.91 bits per heavy atom. The molecule has 0 aromatic carbocycles. The molecule has 0 saturated carbocycles. The Morgan fingerprint density at radius 2 is 1.32 bits per heavy atom. The van der Waals surface area contributed by atoms with Crippen LogP contribution in [-0.4, -0.2) is 46.1 Å². The normalized spacial score (nSPS) is 15.7. The van der Waals surface area contributed by atoms with Crippen molar-refractivity contribution in [1.29, 1.82) is 0 Å². The minimum Gasteiger partial charge on any atom is -1.00 e. The van der Waals surface area contributed by atoms with E-state index in [4.69, 9.17) is 9.47 Å². The Bertz CT molecular complexity index is 211. The molecule has 134 valence electrons. The summed E-state index contributed by atoms with van der Waals surface area (Å²) in [5.41, 5.74) is 0. The number of hydrogen-bond acceptors (Lipinski definition) is 2. The molecule has 1 heterocycles. The third-order valence-corrected chi connectivity index (χ3v) is 4.44. The van der Waals surface area contributed by atoms with E-state index in [9.17, 15) is 0 Å². The van der Waals surface area contributed by atoms with E-state index in [1.54, 1.807) is 4.90 Å². The van der Waals surface area contributed by atoms with Crippen molar-refractivity contribution in [2.75, 3.05) is 46.1 Å². The molecule has 0 aromatic rings. The molecule has 1 N–H and O–H groups in total. The fourth-order valence-corrected chi connectivity index (χ4v) is 2.92. The first-order chi connectivity index (χ1) is 10.4. The quantitative estimate of drug-likeness (QED) is 0.446. The fraction of sp³-hybridized carbons (Fsp3) is 1.00. The van der Waals surface area contributed by atoms with Gasteiger partial charge in [0, 0.05) is 6.61 Å². The van der Waals surface area contributed by atoms with Crippen molar-refractivity contribution in [2.24, 2.45) is 0 Å². The lowest BCUT2D eigenvalue weighted by molar-refractivity contribution is -0.908. The maximum Gasteiger partial charge on any atom is 0.101 e. The van der Waals surface area contributed by atoms with E-state index >= 15 is 0 Å². The van der Waals surface area contributed by atoms with E-state index in [0.717, 1.165) is 46.1 Å². The van der Waals surface area contributed by atoms with Crippen LogP contribution in [0.3, 0.4) is 0 Å². The Kier molecular flexibility index (Phi) is 17.7. The van der Waals surface area contributed by atoms with Crippen LogP contribution < -0.4 is 17.3 Å². The molecule has 0 unspecified atom stereocenters. The van der Waals surface area contributed by atoms with Crippen LogP contribution in [0.15, 0.2) is 0 Å². The van der Waals surface area contributed by atoms with Crippen molar-refractivity contribution in [3.8, 4) is 0 Å². The second-order valence-electron chi connectivity index (χ2n) is 6.41. The Labute approximate surface area is 144 Å². The van der Waals surface area contributed by atoms with Gasteiger partial charge in [0.2, 0.25) is 0 Å². The van der Waals surface area contributed by atoms with Gasteiger partial charge in [0.15, 0.2) is 0 Å². The lowest BCUT2D eigenvalue weighted by Gasteiger charge is -2.23. The van der Waals surface area contributed by atoms with E-state index in [-0.39, 0.29) is 12.4 Å². The van der Waals surface area contributed by atoms with Gasteiger partial charge < -0.3 is 26.8 Å². The summed E-state index contributed by atoms with van der Waals surface area (Å²) in [7, 11) is 0. The smallest absolute Gasteiger partial charge is 0.101 e. The summed E-state index contributed by atoms with van der Waals surface area (Å²) in [6.45, 7) is 9.48. The van der Waals surface area contributed by atoms with Crippen molar-refractivity contribution < 1.29 is 26.8 Å². The Balaban J connectivity index is 0.00000441. The summed E-state index contributed by atoms with van der Waals surface area (Å²) < 4.78 is 11.1. The summed E-state index contributed by atoms with van der Waals surface area (Å²) in [6, 6.07) is 0. The number of unbranched alkanes of at least 4 members (excludes halogenated alkanes) is 9. The zero-order valence-corrected chi connectivity index (χ0v) is 15.5. The van der Waals surface area contributed by atoms with Crippen LogP contribution in [-0.2, 0) is 9.47 Å². The highest BCUT2D eigenvalue weighted by Gasteiger charge is 2.12. The molecule has 1 aliphatic rings. The van der Waals surface area contributed by atoms with Crippen molar-refractivity contribution in [3.63, 3.8) is 0 Å². The minimum atomic E-state index is 0. The number of nitrogens with one attached hydrogen (secondary N) is 1. The second-order valence-corrected chi connectivity index (χ2v) is 6.41. The van der Waals surface area contributed by atoms with Crippen LogP contribution in [0.4, 0.5) is 0 Å². The molecule has 1 rings (SSSR count). The van der Waals surface area contributed by atoms with Crippen molar-refractivity contribution in [2.45, 2.75) is 71.1 Å². The number of hydrogen-bond donors (Lipinski definition) is 1. The zero-order chi connectivity index (χ0) is 15.0. The number of quaternary nitrogens is 1. The SMILES string of the molecule is CCCCCCCCCCCCOCC[NH+]1CCOCC1.[Cl-]. The summed E-state index contributed by atoms with van der Waals surface area (Å²) in [5.74, 6) is 0. The molecule has 0 aromatic heterocycles. The van der Waals surface area contributed by atoms with E-state index in [1.807, 2.05) is 0 Å². The van der Waals surface area contributed by atoms with Crippen LogP contribution >= 0.6 is 0 Å². The van der Waals surface area contributed by atoms with Crippen LogP contribution in [0.1, 0.15) is 71.1 Å². The number of ether oxygens (including phenoxy) is 2. The fourth-order valence-electron chi connectivity index (χ4n) is 2.92. The van der Waals surface area contributed by atoms with Crippen molar-refractivity contribution >= 4 is 0 Å². The molecule has 0 atom stereocenters. The van der Waals surface area contributed by atoms with E-state index in [0.29, 0.717) is 0 Å². The lowest BCUT2D eigenvalue weighted by Crippen LogP contribution is -3.14. The number of halogens is 1. The minimum absolute atomic E-state index is 0. The highest BCUT2D eigenvalue weighted by molar-refractivity contribution is 4.47. The van der Waals surface area contributed by atoms with E-state index in [1.165, 1.54) is 64.2 Å². The standard InChI is InChI=1S/C18H37NO2.ClH/c1-2-3-4-5-6-7-8-9-10-11-15-20-16-12-19-13-17-21-18-14-19;/h2-18H2,1H3;1H. The molecule has 1 fully saturated rings. The third-order valence-electron chi connectivity index (χ3n) is 4.44. The van der Waals surface area contributed by atoms with E-state index < -0.39 is 0 Å². The molecular weight excluding hydrogens is 298 g/mol. The topological polar surface area (TPSA) is 22.9 Å². The molecule has 0 bridgehead atoms. The van der Waals surface area contributed by atoms with Crippen molar-refractivity contribution in [3.05, 3.63) is 0 Å². The largest absolute Gasteiger partial charge is 1.00 e. The molecule has 0 amide bonds. The average Bonchev–Trinajstić information content (AvgIpc) is 2.53. The van der Waals surface area contributed by atoms with Gasteiger partial charge in [0.1, 0.15) is 19.6 Å². The summed E-state index contributed by atoms with van der Waals surface area (Å²) in [4.78, 5) is 1.64. The van der Waals surface area contributed by atoms with Gasteiger partial charge in [-0.1, -0.05) is 64.7 Å². The van der Waals surface area contributed by atoms with Crippen molar-refractivity contribution in [1.82, 2.24) is 0 Å². The van der Waals surface area contributed by atoms with Crippen LogP contribution in [0, 0.1) is 0 Å². The second kappa shape index (κ2) is 17.5. The monoisotopic (exact) mass is 335 g/mol. The van der Waals surface area contributed by atoms with E-state index in [2.05, 4.69) is 6.92 Å². The van der Waals surface area contributed by atoms with Gasteiger partial charge in [-0.3, -0.25) is 0 Å². The number of rotatable bonds is 14. The molecule has 1 saturated heterocycles. The van der Waals surface area contributed by atoms with Gasteiger partial charge in [-0.05, 0) is 6.42 Å². The average molecular weight is 336 g/mol. The maximum absolute atomic E-state index is 5.75. The van der Waals surface area contributed by atoms with Gasteiger partial charge in [-0.15, -0.1) is 0 Å². The molecule has 1 aliphatic heterocycles. The third kappa shape index (κ3) is 13.8. The van der Waals surface area contributed by atoms with Crippen LogP contribution in [0.25, 0.3) is 0 Å². The molecule has 4 heteroatoms. The Hall–Kier alpha value is 0.170. The zero-order valence-electron chi connectivity index (χ0n) is 14.7. The summed E-state index contributed by atoms with van der Waals surface area (Å²) in [6.07, 6.45) is 13.9. The first-order valence-corrected chi connectivity index (χ1v) is 9.42. The van der Waals surface area contributed by atoms with Gasteiger partial charge in [-0.2, -0.15) is 0 Å². The highest BCUT2D eigenvalue weighted by Crippen LogP contribution is 2.10. The summed E-state index contributed by atoms with van der Waals surface area (Å²) in [5, 5.41) is 0. The first-order valence-electron chi connectivity index (χ1n) is 9.42. The predicted molar refractivity (Wildman–Crippen MR) is 89.0 cm³/mol. The first kappa shape index (κ1) is 22.2.